The maximum Gasteiger partial charge on any atom is 0.200 e. The highest BCUT2D eigenvalue weighted by molar-refractivity contribution is 6.02. The van der Waals surface area contributed by atoms with E-state index in [1.165, 1.54) is 0 Å². The molecule has 4 aromatic rings. The molecule has 4 nitrogen and oxygen atoms in total. The summed E-state index contributed by atoms with van der Waals surface area (Å²) >= 11 is 0. The van der Waals surface area contributed by atoms with Crippen LogP contribution in [0.15, 0.2) is 90.0 Å². The molecule has 4 rings (SSSR count). The Morgan fingerprint density at radius 3 is 1.96 bits per heavy atom. The quantitative estimate of drug-likeness (QED) is 0.416. The first kappa shape index (κ1) is 16.0. The Labute approximate surface area is 152 Å². The van der Waals surface area contributed by atoms with E-state index < -0.39 is 0 Å². The first-order valence-electron chi connectivity index (χ1n) is 8.46. The minimum atomic E-state index is 0.205. The van der Waals surface area contributed by atoms with E-state index in [2.05, 4.69) is 0 Å². The molecule has 0 fully saturated rings. The van der Waals surface area contributed by atoms with Gasteiger partial charge in [0.25, 0.3) is 0 Å². The van der Waals surface area contributed by atoms with Gasteiger partial charge in [-0.2, -0.15) is 5.10 Å². The van der Waals surface area contributed by atoms with E-state index in [9.17, 15) is 5.11 Å². The topological polar surface area (TPSA) is 40.8 Å². The maximum atomic E-state index is 10.5. The van der Waals surface area contributed by atoms with Gasteiger partial charge in [-0.15, -0.1) is 0 Å². The molecule has 1 heterocycles. The average molecular weight is 341 g/mol. The third kappa shape index (κ3) is 2.82. The van der Waals surface area contributed by atoms with Crippen LogP contribution in [0.1, 0.15) is 5.56 Å². The highest BCUT2D eigenvalue weighted by Crippen LogP contribution is 2.30. The smallest absolute Gasteiger partial charge is 0.200 e. The number of aromatic nitrogens is 1. The third-order valence-electron chi connectivity index (χ3n) is 4.42. The summed E-state index contributed by atoms with van der Waals surface area (Å²) in [5, 5.41) is 18.1. The average Bonchev–Trinajstić information content (AvgIpc) is 2.95. The molecule has 128 valence electrons. The summed E-state index contributed by atoms with van der Waals surface area (Å²) in [5.74, 6) is 0.205. The van der Waals surface area contributed by atoms with Crippen LogP contribution in [0, 0.1) is 0 Å². The van der Waals surface area contributed by atoms with Crippen molar-refractivity contribution in [3.05, 3.63) is 90.5 Å². The van der Waals surface area contributed by atoms with Gasteiger partial charge in [-0.25, -0.2) is 5.01 Å². The van der Waals surface area contributed by atoms with Gasteiger partial charge in [0.2, 0.25) is 5.88 Å². The number of benzene rings is 3. The maximum absolute atomic E-state index is 10.5. The van der Waals surface area contributed by atoms with Gasteiger partial charge in [-0.3, -0.25) is 0 Å². The highest BCUT2D eigenvalue weighted by Gasteiger charge is 2.13. The Morgan fingerprint density at radius 2 is 1.35 bits per heavy atom. The van der Waals surface area contributed by atoms with E-state index in [4.69, 9.17) is 5.10 Å². The van der Waals surface area contributed by atoms with Crippen molar-refractivity contribution in [3.63, 3.8) is 0 Å². The van der Waals surface area contributed by atoms with Crippen LogP contribution in [0.4, 0.5) is 11.4 Å². The number of para-hydroxylation sites is 3. The van der Waals surface area contributed by atoms with Crippen LogP contribution in [0.3, 0.4) is 0 Å². The number of nitrogens with zero attached hydrogens (tertiary/aromatic N) is 3. The molecule has 0 bridgehead atoms. The Kier molecular flexibility index (Phi) is 4.15. The molecule has 0 aliphatic carbocycles. The molecule has 0 saturated carbocycles. The Morgan fingerprint density at radius 1 is 0.808 bits per heavy atom. The first-order valence-corrected chi connectivity index (χ1v) is 8.46. The largest absolute Gasteiger partial charge is 0.494 e. The van der Waals surface area contributed by atoms with Crippen molar-refractivity contribution in [1.29, 1.82) is 0 Å². The second kappa shape index (κ2) is 6.76. The van der Waals surface area contributed by atoms with Gasteiger partial charge in [0.05, 0.1) is 28.7 Å². The van der Waals surface area contributed by atoms with Crippen molar-refractivity contribution in [3.8, 4) is 5.88 Å². The van der Waals surface area contributed by atoms with Gasteiger partial charge < -0.3 is 9.67 Å². The van der Waals surface area contributed by atoms with E-state index in [0.29, 0.717) is 5.56 Å². The fraction of sp³-hybridized carbons (Fsp3) is 0.0455. The molecule has 0 aliphatic rings. The molecule has 1 N–H and O–H groups in total. The van der Waals surface area contributed by atoms with Crippen LogP contribution in [0.2, 0.25) is 0 Å². The molecular weight excluding hydrogens is 322 g/mol. The molecule has 1 aromatic heterocycles. The van der Waals surface area contributed by atoms with Gasteiger partial charge >= 0.3 is 0 Å². The van der Waals surface area contributed by atoms with E-state index in [0.717, 1.165) is 22.3 Å². The molecule has 0 radical (unpaired) electrons. The van der Waals surface area contributed by atoms with Gasteiger partial charge in [-0.05, 0) is 30.3 Å². The van der Waals surface area contributed by atoms with Crippen molar-refractivity contribution in [2.75, 3.05) is 5.01 Å². The molecular formula is C22H19N3O. The van der Waals surface area contributed by atoms with Crippen molar-refractivity contribution < 1.29 is 5.11 Å². The van der Waals surface area contributed by atoms with E-state index in [1.54, 1.807) is 10.8 Å². The number of aryl methyl sites for hydroxylation is 1. The van der Waals surface area contributed by atoms with E-state index >= 15 is 0 Å². The molecule has 26 heavy (non-hydrogen) atoms. The fourth-order valence-electron chi connectivity index (χ4n) is 3.07. The third-order valence-corrected chi connectivity index (χ3v) is 4.42. The molecule has 0 atom stereocenters. The van der Waals surface area contributed by atoms with Gasteiger partial charge in [0.1, 0.15) is 0 Å². The fourth-order valence-corrected chi connectivity index (χ4v) is 3.07. The van der Waals surface area contributed by atoms with E-state index in [-0.39, 0.29) is 5.88 Å². The van der Waals surface area contributed by atoms with Crippen molar-refractivity contribution >= 4 is 28.5 Å². The zero-order valence-electron chi connectivity index (χ0n) is 14.4. The highest BCUT2D eigenvalue weighted by atomic mass is 16.3. The predicted octanol–water partition coefficient (Wildman–Crippen LogP) is 5.06. The number of anilines is 2. The zero-order chi connectivity index (χ0) is 17.9. The van der Waals surface area contributed by atoms with Crippen LogP contribution < -0.4 is 5.01 Å². The van der Waals surface area contributed by atoms with E-state index in [1.807, 2.05) is 97.0 Å². The lowest BCUT2D eigenvalue weighted by molar-refractivity contribution is 0.434. The number of fused-ring (bicyclic) bond motifs is 1. The first-order chi connectivity index (χ1) is 12.8. The lowest BCUT2D eigenvalue weighted by atomic mass is 10.2. The van der Waals surface area contributed by atoms with Gasteiger partial charge in [0.15, 0.2) is 0 Å². The SMILES string of the molecule is Cn1c(O)c(C=NN(c2ccccc2)c2ccccc2)c2ccccc21. The summed E-state index contributed by atoms with van der Waals surface area (Å²) < 4.78 is 1.77. The summed E-state index contributed by atoms with van der Waals surface area (Å²) in [7, 11) is 1.85. The summed E-state index contributed by atoms with van der Waals surface area (Å²) in [4.78, 5) is 0. The zero-order valence-corrected chi connectivity index (χ0v) is 14.4. The lowest BCUT2D eigenvalue weighted by Gasteiger charge is -2.19. The summed E-state index contributed by atoms with van der Waals surface area (Å²) in [6.45, 7) is 0. The number of aromatic hydroxyl groups is 1. The van der Waals surface area contributed by atoms with Gasteiger partial charge in [-0.1, -0.05) is 54.6 Å². The van der Waals surface area contributed by atoms with Crippen LogP contribution >= 0.6 is 0 Å². The monoisotopic (exact) mass is 341 g/mol. The molecule has 0 amide bonds. The van der Waals surface area contributed by atoms with Crippen LogP contribution in [-0.2, 0) is 7.05 Å². The number of hydrogen-bond acceptors (Lipinski definition) is 3. The summed E-state index contributed by atoms with van der Waals surface area (Å²) in [6.07, 6.45) is 1.72. The molecule has 0 aliphatic heterocycles. The minimum absolute atomic E-state index is 0.205. The Bertz CT molecular complexity index is 1010. The van der Waals surface area contributed by atoms with Crippen LogP contribution in [0.5, 0.6) is 5.88 Å². The molecule has 4 heteroatoms. The van der Waals surface area contributed by atoms with Gasteiger partial charge in [0, 0.05) is 12.4 Å². The number of rotatable bonds is 4. The Balaban J connectivity index is 1.81. The van der Waals surface area contributed by atoms with Crippen molar-refractivity contribution in [2.45, 2.75) is 0 Å². The molecule has 0 spiro atoms. The second-order valence-corrected chi connectivity index (χ2v) is 6.04. The Hall–Kier alpha value is -3.53. The normalized spacial score (nSPS) is 11.3. The number of hydrogen-bond donors (Lipinski definition) is 1. The van der Waals surface area contributed by atoms with Crippen LogP contribution in [-0.4, -0.2) is 15.9 Å². The molecule has 0 saturated heterocycles. The lowest BCUT2D eigenvalue weighted by Crippen LogP contribution is -2.09. The number of hydrazone groups is 1. The summed E-state index contributed by atoms with van der Waals surface area (Å²) in [5.41, 5.74) is 3.58. The predicted molar refractivity (Wildman–Crippen MR) is 107 cm³/mol. The minimum Gasteiger partial charge on any atom is -0.494 e. The summed E-state index contributed by atoms with van der Waals surface area (Å²) in [6, 6.07) is 27.8. The second-order valence-electron chi connectivity index (χ2n) is 6.04. The molecule has 0 unspecified atom stereocenters. The van der Waals surface area contributed by atoms with Crippen molar-refractivity contribution in [1.82, 2.24) is 4.57 Å². The van der Waals surface area contributed by atoms with Crippen molar-refractivity contribution in [2.24, 2.45) is 12.1 Å². The molecule has 3 aromatic carbocycles. The standard InChI is InChI=1S/C22H19N3O/c1-24-21-15-9-8-14-19(21)20(22(24)26)16-23-25(17-10-4-2-5-11-17)18-12-6-3-7-13-18/h2-16,26H,1H3. The van der Waals surface area contributed by atoms with Crippen LogP contribution in [0.25, 0.3) is 10.9 Å².